The summed E-state index contributed by atoms with van der Waals surface area (Å²) < 4.78 is 0. The van der Waals surface area contributed by atoms with E-state index in [1.54, 1.807) is 30.3 Å². The SMILES string of the molecule is Nc1ccc(/C=C/C(=O)Nc2ccc(Cl)cn2)cc1. The highest BCUT2D eigenvalue weighted by Gasteiger charge is 1.98. The standard InChI is InChI=1S/C14H12ClN3O/c15-11-4-7-13(17-9-11)18-14(19)8-3-10-1-5-12(16)6-2-10/h1-9H,16H2,(H,17,18,19)/b8-3+. The van der Waals surface area contributed by atoms with Crippen LogP contribution in [-0.4, -0.2) is 10.9 Å². The minimum absolute atomic E-state index is 0.258. The van der Waals surface area contributed by atoms with E-state index in [-0.39, 0.29) is 5.91 Å². The van der Waals surface area contributed by atoms with Crippen LogP contribution >= 0.6 is 11.6 Å². The van der Waals surface area contributed by atoms with Crippen LogP contribution in [0.1, 0.15) is 5.56 Å². The molecule has 0 fully saturated rings. The summed E-state index contributed by atoms with van der Waals surface area (Å²) in [5.41, 5.74) is 7.16. The quantitative estimate of drug-likeness (QED) is 0.667. The van der Waals surface area contributed by atoms with Crippen molar-refractivity contribution in [3.8, 4) is 0 Å². The molecular formula is C14H12ClN3O. The lowest BCUT2D eigenvalue weighted by Crippen LogP contribution is -2.08. The van der Waals surface area contributed by atoms with Crippen LogP contribution in [0.25, 0.3) is 6.08 Å². The summed E-state index contributed by atoms with van der Waals surface area (Å²) in [6.07, 6.45) is 4.60. The molecule has 1 heterocycles. The molecule has 0 atom stereocenters. The van der Waals surface area contributed by atoms with Crippen LogP contribution in [0.15, 0.2) is 48.7 Å². The van der Waals surface area contributed by atoms with Crippen molar-refractivity contribution in [3.05, 3.63) is 59.3 Å². The minimum Gasteiger partial charge on any atom is -0.399 e. The van der Waals surface area contributed by atoms with Gasteiger partial charge >= 0.3 is 0 Å². The molecule has 2 rings (SSSR count). The highest BCUT2D eigenvalue weighted by atomic mass is 35.5. The van der Waals surface area contributed by atoms with E-state index in [1.165, 1.54) is 12.3 Å². The van der Waals surface area contributed by atoms with Crippen LogP contribution in [0.4, 0.5) is 11.5 Å². The number of carbonyl (C=O) groups excluding carboxylic acids is 1. The van der Waals surface area contributed by atoms with E-state index in [1.807, 2.05) is 12.1 Å². The molecule has 0 radical (unpaired) electrons. The Kier molecular flexibility index (Phi) is 4.15. The molecular weight excluding hydrogens is 262 g/mol. The number of hydrogen-bond donors (Lipinski definition) is 2. The lowest BCUT2D eigenvalue weighted by molar-refractivity contribution is -0.111. The number of nitrogens with zero attached hydrogens (tertiary/aromatic N) is 1. The second kappa shape index (κ2) is 6.02. The summed E-state index contributed by atoms with van der Waals surface area (Å²) >= 11 is 5.70. The highest BCUT2D eigenvalue weighted by molar-refractivity contribution is 6.30. The van der Waals surface area contributed by atoms with E-state index < -0.39 is 0 Å². The Morgan fingerprint density at radius 3 is 2.58 bits per heavy atom. The van der Waals surface area contributed by atoms with Gasteiger partial charge < -0.3 is 11.1 Å². The maximum atomic E-state index is 11.6. The van der Waals surface area contributed by atoms with Crippen molar-refractivity contribution >= 4 is 35.1 Å². The van der Waals surface area contributed by atoms with Crippen LogP contribution < -0.4 is 11.1 Å². The summed E-state index contributed by atoms with van der Waals surface area (Å²) in [4.78, 5) is 15.6. The second-order valence-corrected chi connectivity index (χ2v) is 4.29. The van der Waals surface area contributed by atoms with Crippen molar-refractivity contribution in [2.24, 2.45) is 0 Å². The molecule has 1 amide bonds. The lowest BCUT2D eigenvalue weighted by Gasteiger charge is -2.00. The van der Waals surface area contributed by atoms with Crippen molar-refractivity contribution in [1.29, 1.82) is 0 Å². The van der Waals surface area contributed by atoms with Crippen LogP contribution in [0.2, 0.25) is 5.02 Å². The zero-order chi connectivity index (χ0) is 13.7. The molecule has 0 aliphatic carbocycles. The Morgan fingerprint density at radius 1 is 1.21 bits per heavy atom. The molecule has 1 aromatic heterocycles. The smallest absolute Gasteiger partial charge is 0.249 e. The maximum Gasteiger partial charge on any atom is 0.249 e. The number of nitrogens with one attached hydrogen (secondary N) is 1. The number of anilines is 2. The van der Waals surface area contributed by atoms with Gasteiger partial charge in [0.25, 0.3) is 0 Å². The number of aromatic nitrogens is 1. The Labute approximate surface area is 115 Å². The fourth-order valence-corrected chi connectivity index (χ4v) is 1.51. The predicted octanol–water partition coefficient (Wildman–Crippen LogP) is 2.97. The van der Waals surface area contributed by atoms with E-state index in [4.69, 9.17) is 17.3 Å². The average Bonchev–Trinajstić information content (AvgIpc) is 2.41. The molecule has 0 spiro atoms. The molecule has 1 aromatic carbocycles. The van der Waals surface area contributed by atoms with Gasteiger partial charge in [-0.3, -0.25) is 4.79 Å². The normalized spacial score (nSPS) is 10.6. The van der Waals surface area contributed by atoms with E-state index in [9.17, 15) is 4.79 Å². The molecule has 96 valence electrons. The van der Waals surface area contributed by atoms with E-state index >= 15 is 0 Å². The zero-order valence-electron chi connectivity index (χ0n) is 10.0. The fraction of sp³-hybridized carbons (Fsp3) is 0. The molecule has 19 heavy (non-hydrogen) atoms. The largest absolute Gasteiger partial charge is 0.399 e. The number of nitrogens with two attached hydrogens (primary N) is 1. The number of amides is 1. The molecule has 0 aliphatic heterocycles. The van der Waals surface area contributed by atoms with Gasteiger partial charge in [0.1, 0.15) is 5.82 Å². The van der Waals surface area contributed by atoms with E-state index in [2.05, 4.69) is 10.3 Å². The van der Waals surface area contributed by atoms with Gasteiger partial charge in [-0.2, -0.15) is 0 Å². The number of benzene rings is 1. The first-order valence-corrected chi connectivity index (χ1v) is 5.97. The number of rotatable bonds is 3. The van der Waals surface area contributed by atoms with Gasteiger partial charge in [-0.25, -0.2) is 4.98 Å². The van der Waals surface area contributed by atoms with Crippen molar-refractivity contribution in [3.63, 3.8) is 0 Å². The summed E-state index contributed by atoms with van der Waals surface area (Å²) in [6, 6.07) is 10.5. The summed E-state index contributed by atoms with van der Waals surface area (Å²) in [6.45, 7) is 0. The van der Waals surface area contributed by atoms with Crippen LogP contribution in [0.3, 0.4) is 0 Å². The topological polar surface area (TPSA) is 68.0 Å². The van der Waals surface area contributed by atoms with Gasteiger partial charge in [-0.1, -0.05) is 23.7 Å². The van der Waals surface area contributed by atoms with Gasteiger partial charge in [-0.05, 0) is 35.9 Å². The van der Waals surface area contributed by atoms with Crippen molar-refractivity contribution in [2.45, 2.75) is 0 Å². The number of halogens is 1. The van der Waals surface area contributed by atoms with Crippen LogP contribution in [0.5, 0.6) is 0 Å². The molecule has 0 saturated heterocycles. The molecule has 0 bridgehead atoms. The highest BCUT2D eigenvalue weighted by Crippen LogP contribution is 2.10. The van der Waals surface area contributed by atoms with E-state index in [0.717, 1.165) is 5.56 Å². The Hall–Kier alpha value is -2.33. The van der Waals surface area contributed by atoms with Crippen molar-refractivity contribution < 1.29 is 4.79 Å². The van der Waals surface area contributed by atoms with Crippen LogP contribution in [0, 0.1) is 0 Å². The third kappa shape index (κ3) is 4.12. The Balaban J connectivity index is 1.97. The molecule has 0 aliphatic rings. The van der Waals surface area contributed by atoms with Gasteiger partial charge in [0.2, 0.25) is 5.91 Å². The second-order valence-electron chi connectivity index (χ2n) is 3.85. The van der Waals surface area contributed by atoms with Crippen molar-refractivity contribution in [1.82, 2.24) is 4.98 Å². The first-order valence-electron chi connectivity index (χ1n) is 5.59. The minimum atomic E-state index is -0.258. The maximum absolute atomic E-state index is 11.6. The fourth-order valence-electron chi connectivity index (χ4n) is 1.40. The Morgan fingerprint density at radius 2 is 1.95 bits per heavy atom. The monoisotopic (exact) mass is 273 g/mol. The van der Waals surface area contributed by atoms with Gasteiger partial charge in [0, 0.05) is 18.0 Å². The number of pyridine rings is 1. The molecule has 5 heteroatoms. The van der Waals surface area contributed by atoms with Gasteiger partial charge in [-0.15, -0.1) is 0 Å². The Bertz CT molecular complexity index is 591. The predicted molar refractivity (Wildman–Crippen MR) is 77.8 cm³/mol. The van der Waals surface area contributed by atoms with Gasteiger partial charge in [0.15, 0.2) is 0 Å². The van der Waals surface area contributed by atoms with E-state index in [0.29, 0.717) is 16.5 Å². The molecule has 2 aromatic rings. The third-order valence-corrected chi connectivity index (χ3v) is 2.57. The molecule has 4 nitrogen and oxygen atoms in total. The number of nitrogen functional groups attached to an aromatic ring is 1. The van der Waals surface area contributed by atoms with Gasteiger partial charge in [0.05, 0.1) is 5.02 Å². The average molecular weight is 274 g/mol. The number of carbonyl (C=O) groups is 1. The first-order chi connectivity index (χ1) is 9.13. The first kappa shape index (κ1) is 13.1. The lowest BCUT2D eigenvalue weighted by atomic mass is 10.2. The van der Waals surface area contributed by atoms with Crippen molar-refractivity contribution in [2.75, 3.05) is 11.1 Å². The summed E-state index contributed by atoms with van der Waals surface area (Å²) in [5, 5.41) is 3.15. The zero-order valence-corrected chi connectivity index (χ0v) is 10.8. The van der Waals surface area contributed by atoms with Crippen LogP contribution in [-0.2, 0) is 4.79 Å². The summed E-state index contributed by atoms with van der Waals surface area (Å²) in [5.74, 6) is 0.197. The number of hydrogen-bond acceptors (Lipinski definition) is 3. The third-order valence-electron chi connectivity index (χ3n) is 2.34. The summed E-state index contributed by atoms with van der Waals surface area (Å²) in [7, 11) is 0. The molecule has 0 unspecified atom stereocenters. The molecule has 0 saturated carbocycles. The molecule has 3 N–H and O–H groups in total.